The van der Waals surface area contributed by atoms with E-state index in [2.05, 4.69) is 22.3 Å². The zero-order valence-corrected chi connectivity index (χ0v) is 16.7. The number of hydrogen-bond donors (Lipinski definition) is 1. The minimum atomic E-state index is 0.0828. The van der Waals surface area contributed by atoms with Crippen molar-refractivity contribution in [3.05, 3.63) is 60.2 Å². The highest BCUT2D eigenvalue weighted by Gasteiger charge is 2.23. The van der Waals surface area contributed by atoms with Crippen LogP contribution >= 0.6 is 11.8 Å². The Hall–Kier alpha value is -1.98. The van der Waals surface area contributed by atoms with Gasteiger partial charge in [0.25, 0.3) is 0 Å². The van der Waals surface area contributed by atoms with Gasteiger partial charge < -0.3 is 10.1 Å². The average Bonchev–Trinajstić information content (AvgIpc) is 2.74. The summed E-state index contributed by atoms with van der Waals surface area (Å²) in [6.07, 6.45) is 3.75. The fraction of sp³-hybridized carbons (Fsp3) is 0.409. The predicted molar refractivity (Wildman–Crippen MR) is 111 cm³/mol. The van der Waals surface area contributed by atoms with Crippen molar-refractivity contribution in [2.24, 2.45) is 0 Å². The van der Waals surface area contributed by atoms with E-state index in [0.29, 0.717) is 12.3 Å². The van der Waals surface area contributed by atoms with Gasteiger partial charge in [0.15, 0.2) is 0 Å². The summed E-state index contributed by atoms with van der Waals surface area (Å²) in [4.78, 5) is 16.0. The van der Waals surface area contributed by atoms with Crippen LogP contribution in [-0.2, 0) is 4.79 Å². The van der Waals surface area contributed by atoms with E-state index in [1.165, 1.54) is 24.8 Å². The predicted octanol–water partition coefficient (Wildman–Crippen LogP) is 4.13. The largest absolute Gasteiger partial charge is 0.497 e. The summed E-state index contributed by atoms with van der Waals surface area (Å²) in [5.74, 6) is 1.39. The molecule has 1 atom stereocenters. The van der Waals surface area contributed by atoms with E-state index in [4.69, 9.17) is 4.74 Å². The van der Waals surface area contributed by atoms with Gasteiger partial charge in [-0.1, -0.05) is 36.8 Å². The first kappa shape index (κ1) is 19.8. The summed E-state index contributed by atoms with van der Waals surface area (Å²) in [5.41, 5.74) is 1.23. The number of nitrogens with zero attached hydrogens (tertiary/aromatic N) is 1. The molecule has 1 amide bonds. The van der Waals surface area contributed by atoms with E-state index < -0.39 is 0 Å². The van der Waals surface area contributed by atoms with Crippen LogP contribution in [0.1, 0.15) is 30.9 Å². The number of benzene rings is 2. The van der Waals surface area contributed by atoms with Crippen LogP contribution < -0.4 is 10.1 Å². The lowest BCUT2D eigenvalue weighted by Gasteiger charge is -2.35. The van der Waals surface area contributed by atoms with E-state index in [0.717, 1.165) is 23.7 Å². The average molecular weight is 385 g/mol. The van der Waals surface area contributed by atoms with Gasteiger partial charge in [0.2, 0.25) is 5.91 Å². The third kappa shape index (κ3) is 6.01. The quantitative estimate of drug-likeness (QED) is 0.695. The van der Waals surface area contributed by atoms with Gasteiger partial charge >= 0.3 is 0 Å². The number of nitrogens with one attached hydrogen (secondary N) is 1. The first-order valence-corrected chi connectivity index (χ1v) is 10.6. The monoisotopic (exact) mass is 384 g/mol. The molecule has 0 radical (unpaired) electrons. The van der Waals surface area contributed by atoms with E-state index >= 15 is 0 Å². The van der Waals surface area contributed by atoms with E-state index in [9.17, 15) is 4.79 Å². The van der Waals surface area contributed by atoms with Gasteiger partial charge in [-0.3, -0.25) is 9.69 Å². The van der Waals surface area contributed by atoms with Crippen LogP contribution in [0.15, 0.2) is 59.5 Å². The number of ether oxygens (including phenoxy) is 1. The molecule has 27 heavy (non-hydrogen) atoms. The van der Waals surface area contributed by atoms with E-state index in [1.807, 2.05) is 42.5 Å². The van der Waals surface area contributed by atoms with Gasteiger partial charge in [-0.05, 0) is 55.8 Å². The number of thioether (sulfide) groups is 1. The van der Waals surface area contributed by atoms with E-state index in [-0.39, 0.29) is 11.9 Å². The number of likely N-dealkylation sites (tertiary alicyclic amines) is 1. The van der Waals surface area contributed by atoms with Crippen molar-refractivity contribution >= 4 is 17.7 Å². The Morgan fingerprint density at radius 2 is 1.78 bits per heavy atom. The molecule has 0 aromatic heterocycles. The summed E-state index contributed by atoms with van der Waals surface area (Å²) in [7, 11) is 1.68. The zero-order valence-electron chi connectivity index (χ0n) is 15.9. The molecule has 4 nitrogen and oxygen atoms in total. The highest BCUT2D eigenvalue weighted by molar-refractivity contribution is 8.00. The Bertz CT molecular complexity index is 700. The smallest absolute Gasteiger partial charge is 0.230 e. The second-order valence-electron chi connectivity index (χ2n) is 6.79. The van der Waals surface area contributed by atoms with Gasteiger partial charge in [-0.25, -0.2) is 0 Å². The topological polar surface area (TPSA) is 41.6 Å². The molecule has 0 aliphatic carbocycles. The highest BCUT2D eigenvalue weighted by Crippen LogP contribution is 2.26. The first-order chi connectivity index (χ1) is 13.3. The zero-order chi connectivity index (χ0) is 18.9. The molecule has 1 aliphatic rings. The SMILES string of the molecule is COc1ccc(C(CNC(=O)CSc2ccccc2)N2CCCCC2)cc1. The Balaban J connectivity index is 1.59. The van der Waals surface area contributed by atoms with Gasteiger partial charge in [-0.2, -0.15) is 0 Å². The van der Waals surface area contributed by atoms with Crippen molar-refractivity contribution in [3.63, 3.8) is 0 Å². The normalized spacial score (nSPS) is 15.9. The molecule has 0 spiro atoms. The van der Waals surface area contributed by atoms with Gasteiger partial charge in [0, 0.05) is 11.4 Å². The molecule has 144 valence electrons. The standard InChI is InChI=1S/C22H28N2O2S/c1-26-19-12-10-18(11-13-19)21(24-14-6-3-7-15-24)16-23-22(25)17-27-20-8-4-2-5-9-20/h2,4-5,8-13,21H,3,6-7,14-17H2,1H3,(H,23,25). The lowest BCUT2D eigenvalue weighted by Crippen LogP contribution is -2.41. The number of methoxy groups -OCH3 is 1. The third-order valence-corrected chi connectivity index (χ3v) is 5.95. The maximum absolute atomic E-state index is 12.4. The van der Waals surface area contributed by atoms with Crippen LogP contribution in [0.5, 0.6) is 5.75 Å². The van der Waals surface area contributed by atoms with Crippen molar-refractivity contribution in [2.75, 3.05) is 32.5 Å². The number of carbonyl (C=O) groups is 1. The molecule has 1 unspecified atom stereocenters. The van der Waals surface area contributed by atoms with Crippen LogP contribution in [0.4, 0.5) is 0 Å². The Kier molecular flexibility index (Phi) is 7.60. The Morgan fingerprint density at radius 1 is 1.07 bits per heavy atom. The van der Waals surface area contributed by atoms with Gasteiger partial charge in [-0.15, -0.1) is 11.8 Å². The fourth-order valence-electron chi connectivity index (χ4n) is 3.44. The summed E-state index contributed by atoms with van der Waals surface area (Å²) in [5, 5.41) is 3.14. The lowest BCUT2D eigenvalue weighted by molar-refractivity contribution is -0.118. The lowest BCUT2D eigenvalue weighted by atomic mass is 10.0. The molecule has 2 aromatic rings. The Labute approximate surface area is 166 Å². The molecule has 1 fully saturated rings. The molecule has 2 aromatic carbocycles. The number of piperidine rings is 1. The third-order valence-electron chi connectivity index (χ3n) is 4.94. The maximum atomic E-state index is 12.4. The first-order valence-electron chi connectivity index (χ1n) is 9.59. The molecular weight excluding hydrogens is 356 g/mol. The van der Waals surface area contributed by atoms with Crippen molar-refractivity contribution < 1.29 is 9.53 Å². The van der Waals surface area contributed by atoms with Crippen LogP contribution in [0.2, 0.25) is 0 Å². The molecule has 0 bridgehead atoms. The number of carbonyl (C=O) groups excluding carboxylic acids is 1. The summed E-state index contributed by atoms with van der Waals surface area (Å²) in [6, 6.07) is 18.5. The Morgan fingerprint density at radius 3 is 2.44 bits per heavy atom. The molecule has 0 saturated carbocycles. The minimum Gasteiger partial charge on any atom is -0.497 e. The van der Waals surface area contributed by atoms with Gasteiger partial charge in [0.1, 0.15) is 5.75 Å². The van der Waals surface area contributed by atoms with Crippen molar-refractivity contribution in [2.45, 2.75) is 30.2 Å². The molecule has 1 heterocycles. The second kappa shape index (κ2) is 10.4. The number of hydrogen-bond acceptors (Lipinski definition) is 4. The molecule has 1 N–H and O–H groups in total. The molecule has 1 saturated heterocycles. The van der Waals surface area contributed by atoms with Gasteiger partial charge in [0.05, 0.1) is 18.9 Å². The molecule has 5 heteroatoms. The second-order valence-corrected chi connectivity index (χ2v) is 7.84. The van der Waals surface area contributed by atoms with Crippen LogP contribution in [-0.4, -0.2) is 43.3 Å². The van der Waals surface area contributed by atoms with Crippen LogP contribution in [0.25, 0.3) is 0 Å². The molecule has 3 rings (SSSR count). The van der Waals surface area contributed by atoms with Crippen molar-refractivity contribution in [1.29, 1.82) is 0 Å². The summed E-state index contributed by atoms with van der Waals surface area (Å²) in [6.45, 7) is 2.82. The summed E-state index contributed by atoms with van der Waals surface area (Å²) < 4.78 is 5.28. The molecule has 1 aliphatic heterocycles. The minimum absolute atomic E-state index is 0.0828. The molecular formula is C22H28N2O2S. The summed E-state index contributed by atoms with van der Waals surface area (Å²) >= 11 is 1.57. The maximum Gasteiger partial charge on any atom is 0.230 e. The van der Waals surface area contributed by atoms with Crippen molar-refractivity contribution in [3.8, 4) is 5.75 Å². The highest BCUT2D eigenvalue weighted by atomic mass is 32.2. The van der Waals surface area contributed by atoms with Crippen molar-refractivity contribution in [1.82, 2.24) is 10.2 Å². The fourth-order valence-corrected chi connectivity index (χ4v) is 4.19. The number of amides is 1. The number of rotatable bonds is 8. The van der Waals surface area contributed by atoms with E-state index in [1.54, 1.807) is 18.9 Å². The van der Waals surface area contributed by atoms with Crippen LogP contribution in [0.3, 0.4) is 0 Å². The van der Waals surface area contributed by atoms with Crippen LogP contribution in [0, 0.1) is 0 Å².